The first-order chi connectivity index (χ1) is 15.0. The minimum absolute atomic E-state index is 0.0188. The Morgan fingerprint density at radius 3 is 2.06 bits per heavy atom. The van der Waals surface area contributed by atoms with E-state index >= 15 is 0 Å². The lowest BCUT2D eigenvalue weighted by Gasteiger charge is -2.18. The molecule has 7 heteroatoms. The maximum absolute atomic E-state index is 12.7. The van der Waals surface area contributed by atoms with Crippen LogP contribution in [0.4, 0.5) is 5.69 Å². The largest absolute Gasteiger partial charge is 0.469 e. The molecule has 2 amide bonds. The molecule has 0 aromatic heterocycles. The summed E-state index contributed by atoms with van der Waals surface area (Å²) in [6, 6.07) is 21.6. The SMILES string of the molecule is COC(=O)CC(NC(=O)c1ccc(NC(=O)c2ccccc2)cc1)c1ccc(Cl)cc1. The Bertz CT molecular complexity index is 1050. The molecule has 3 rings (SSSR count). The Balaban J connectivity index is 1.69. The van der Waals surface area contributed by atoms with E-state index in [9.17, 15) is 14.4 Å². The smallest absolute Gasteiger partial charge is 0.307 e. The van der Waals surface area contributed by atoms with E-state index in [1.54, 1.807) is 72.8 Å². The van der Waals surface area contributed by atoms with Gasteiger partial charge in [0, 0.05) is 21.8 Å². The average molecular weight is 437 g/mol. The van der Waals surface area contributed by atoms with Crippen molar-refractivity contribution >= 4 is 35.1 Å². The minimum atomic E-state index is -0.574. The second kappa shape index (κ2) is 10.4. The Labute approximate surface area is 185 Å². The van der Waals surface area contributed by atoms with Gasteiger partial charge in [0.25, 0.3) is 11.8 Å². The lowest BCUT2D eigenvalue weighted by molar-refractivity contribution is -0.141. The van der Waals surface area contributed by atoms with Crippen molar-refractivity contribution in [2.75, 3.05) is 12.4 Å². The van der Waals surface area contributed by atoms with E-state index in [2.05, 4.69) is 10.6 Å². The van der Waals surface area contributed by atoms with Gasteiger partial charge in [-0.25, -0.2) is 0 Å². The zero-order valence-electron chi connectivity index (χ0n) is 16.8. The molecular formula is C24H21ClN2O4. The maximum atomic E-state index is 12.7. The molecule has 158 valence electrons. The molecule has 0 aliphatic rings. The van der Waals surface area contributed by atoms with Crippen molar-refractivity contribution in [3.8, 4) is 0 Å². The van der Waals surface area contributed by atoms with Crippen LogP contribution in [0.1, 0.15) is 38.7 Å². The van der Waals surface area contributed by atoms with Crippen LogP contribution in [-0.2, 0) is 9.53 Å². The van der Waals surface area contributed by atoms with Crippen LogP contribution in [0.15, 0.2) is 78.9 Å². The van der Waals surface area contributed by atoms with Gasteiger partial charge in [-0.15, -0.1) is 0 Å². The normalized spacial score (nSPS) is 11.3. The van der Waals surface area contributed by atoms with E-state index in [0.717, 1.165) is 5.56 Å². The summed E-state index contributed by atoms with van der Waals surface area (Å²) in [5.41, 5.74) is 2.23. The zero-order valence-corrected chi connectivity index (χ0v) is 17.6. The number of anilines is 1. The Hall–Kier alpha value is -3.64. The molecule has 3 aromatic carbocycles. The van der Waals surface area contributed by atoms with Crippen molar-refractivity contribution in [2.45, 2.75) is 12.5 Å². The molecule has 0 fully saturated rings. The molecule has 0 heterocycles. The molecule has 31 heavy (non-hydrogen) atoms. The third kappa shape index (κ3) is 6.17. The minimum Gasteiger partial charge on any atom is -0.469 e. The molecule has 3 aromatic rings. The number of hydrogen-bond acceptors (Lipinski definition) is 4. The van der Waals surface area contributed by atoms with Crippen molar-refractivity contribution in [1.29, 1.82) is 0 Å². The van der Waals surface area contributed by atoms with E-state index in [0.29, 0.717) is 21.8 Å². The van der Waals surface area contributed by atoms with Crippen molar-refractivity contribution < 1.29 is 19.1 Å². The second-order valence-corrected chi connectivity index (χ2v) is 7.19. The first-order valence-corrected chi connectivity index (χ1v) is 9.93. The average Bonchev–Trinajstić information content (AvgIpc) is 2.80. The topological polar surface area (TPSA) is 84.5 Å². The molecule has 2 N–H and O–H groups in total. The molecule has 0 spiro atoms. The quantitative estimate of drug-likeness (QED) is 0.529. The van der Waals surface area contributed by atoms with Gasteiger partial charge < -0.3 is 15.4 Å². The number of benzene rings is 3. The van der Waals surface area contributed by atoms with Crippen molar-refractivity contribution in [3.05, 3.63) is 101 Å². The van der Waals surface area contributed by atoms with Crippen LogP contribution in [0.3, 0.4) is 0 Å². The third-order valence-electron chi connectivity index (χ3n) is 4.62. The number of nitrogens with one attached hydrogen (secondary N) is 2. The number of hydrogen-bond donors (Lipinski definition) is 2. The van der Waals surface area contributed by atoms with Gasteiger partial charge in [0.05, 0.1) is 19.6 Å². The Morgan fingerprint density at radius 1 is 0.839 bits per heavy atom. The second-order valence-electron chi connectivity index (χ2n) is 6.76. The fourth-order valence-corrected chi connectivity index (χ4v) is 3.06. The molecule has 0 aliphatic carbocycles. The standard InChI is InChI=1S/C24H21ClN2O4/c1-31-22(28)15-21(16-7-11-19(25)12-8-16)27-24(30)18-9-13-20(14-10-18)26-23(29)17-5-3-2-4-6-17/h2-14,21H,15H2,1H3,(H,26,29)(H,27,30). The van der Waals surface area contributed by atoms with Crippen LogP contribution in [0, 0.1) is 0 Å². The first-order valence-electron chi connectivity index (χ1n) is 9.56. The number of methoxy groups -OCH3 is 1. The van der Waals surface area contributed by atoms with Gasteiger partial charge >= 0.3 is 5.97 Å². The zero-order chi connectivity index (χ0) is 22.2. The predicted octanol–water partition coefficient (Wildman–Crippen LogP) is 4.63. The first kappa shape index (κ1) is 22.1. The van der Waals surface area contributed by atoms with Gasteiger partial charge in [-0.3, -0.25) is 14.4 Å². The fourth-order valence-electron chi connectivity index (χ4n) is 2.94. The summed E-state index contributed by atoms with van der Waals surface area (Å²) in [5, 5.41) is 6.19. The molecular weight excluding hydrogens is 416 g/mol. The van der Waals surface area contributed by atoms with Crippen LogP contribution in [-0.4, -0.2) is 24.9 Å². The molecule has 1 unspecified atom stereocenters. The summed E-state index contributed by atoms with van der Waals surface area (Å²) < 4.78 is 4.75. The van der Waals surface area contributed by atoms with Gasteiger partial charge in [-0.05, 0) is 54.1 Å². The van der Waals surface area contributed by atoms with Crippen molar-refractivity contribution in [2.24, 2.45) is 0 Å². The van der Waals surface area contributed by atoms with E-state index < -0.39 is 12.0 Å². The van der Waals surface area contributed by atoms with E-state index in [-0.39, 0.29) is 18.2 Å². The summed E-state index contributed by atoms with van der Waals surface area (Å²) in [7, 11) is 1.30. The van der Waals surface area contributed by atoms with Crippen LogP contribution < -0.4 is 10.6 Å². The number of halogens is 1. The van der Waals surface area contributed by atoms with E-state index in [4.69, 9.17) is 16.3 Å². The molecule has 0 bridgehead atoms. The highest BCUT2D eigenvalue weighted by molar-refractivity contribution is 6.30. The lowest BCUT2D eigenvalue weighted by Crippen LogP contribution is -2.30. The number of ether oxygens (including phenoxy) is 1. The highest BCUT2D eigenvalue weighted by atomic mass is 35.5. The fraction of sp³-hybridized carbons (Fsp3) is 0.125. The van der Waals surface area contributed by atoms with Crippen LogP contribution in [0.25, 0.3) is 0 Å². The molecule has 0 radical (unpaired) electrons. The van der Waals surface area contributed by atoms with Gasteiger partial charge in [-0.2, -0.15) is 0 Å². The highest BCUT2D eigenvalue weighted by Gasteiger charge is 2.20. The molecule has 0 saturated heterocycles. The molecule has 1 atom stereocenters. The van der Waals surface area contributed by atoms with Crippen molar-refractivity contribution in [1.82, 2.24) is 5.32 Å². The number of esters is 1. The van der Waals surface area contributed by atoms with Crippen LogP contribution in [0.2, 0.25) is 5.02 Å². The highest BCUT2D eigenvalue weighted by Crippen LogP contribution is 2.21. The van der Waals surface area contributed by atoms with Gasteiger partial charge in [0.15, 0.2) is 0 Å². The maximum Gasteiger partial charge on any atom is 0.307 e. The van der Waals surface area contributed by atoms with Crippen LogP contribution in [0.5, 0.6) is 0 Å². The monoisotopic (exact) mass is 436 g/mol. The van der Waals surface area contributed by atoms with E-state index in [1.165, 1.54) is 7.11 Å². The lowest BCUT2D eigenvalue weighted by atomic mass is 10.0. The third-order valence-corrected chi connectivity index (χ3v) is 4.87. The number of carbonyl (C=O) groups is 3. The summed E-state index contributed by atoms with van der Waals surface area (Å²) in [6.07, 6.45) is -0.0188. The molecule has 0 saturated carbocycles. The van der Waals surface area contributed by atoms with Gasteiger partial charge in [-0.1, -0.05) is 41.9 Å². The number of amides is 2. The van der Waals surface area contributed by atoms with Crippen LogP contribution >= 0.6 is 11.6 Å². The Kier molecular flexibility index (Phi) is 7.40. The summed E-state index contributed by atoms with van der Waals surface area (Å²) in [6.45, 7) is 0. The number of rotatable bonds is 7. The Morgan fingerprint density at radius 2 is 1.45 bits per heavy atom. The molecule has 6 nitrogen and oxygen atoms in total. The van der Waals surface area contributed by atoms with Crippen molar-refractivity contribution in [3.63, 3.8) is 0 Å². The summed E-state index contributed by atoms with van der Waals surface area (Å²) in [4.78, 5) is 36.8. The van der Waals surface area contributed by atoms with Gasteiger partial charge in [0.1, 0.15) is 0 Å². The number of carbonyl (C=O) groups excluding carboxylic acids is 3. The molecule has 0 aliphatic heterocycles. The summed E-state index contributed by atoms with van der Waals surface area (Å²) >= 11 is 5.93. The summed E-state index contributed by atoms with van der Waals surface area (Å²) in [5.74, 6) is -1.04. The van der Waals surface area contributed by atoms with Gasteiger partial charge in [0.2, 0.25) is 0 Å². The predicted molar refractivity (Wildman–Crippen MR) is 119 cm³/mol. The van der Waals surface area contributed by atoms with E-state index in [1.807, 2.05) is 6.07 Å².